The van der Waals surface area contributed by atoms with Crippen molar-refractivity contribution in [2.24, 2.45) is 0 Å². The lowest BCUT2D eigenvalue weighted by Gasteiger charge is -2.25. The van der Waals surface area contributed by atoms with E-state index in [-0.39, 0.29) is 0 Å². The lowest BCUT2D eigenvalue weighted by molar-refractivity contribution is 0.165. The first-order valence-electron chi connectivity index (χ1n) is 5.71. The highest BCUT2D eigenvalue weighted by atomic mass is 32.2. The van der Waals surface area contributed by atoms with Gasteiger partial charge in [-0.15, -0.1) is 0 Å². The van der Waals surface area contributed by atoms with Crippen molar-refractivity contribution in [1.29, 1.82) is 0 Å². The molecule has 1 aliphatic heterocycles. The van der Waals surface area contributed by atoms with E-state index in [1.54, 1.807) is 6.20 Å². The first-order chi connectivity index (χ1) is 7.83. The van der Waals surface area contributed by atoms with Gasteiger partial charge < -0.3 is 9.67 Å². The van der Waals surface area contributed by atoms with Crippen molar-refractivity contribution in [2.75, 3.05) is 17.3 Å². The van der Waals surface area contributed by atoms with Crippen LogP contribution in [0.1, 0.15) is 25.3 Å². The fraction of sp³-hybridized carbons (Fsp3) is 0.727. The summed E-state index contributed by atoms with van der Waals surface area (Å²) in [4.78, 5) is 4.30. The highest BCUT2D eigenvalue weighted by Gasteiger charge is 2.26. The molecule has 2 heterocycles. The smallest absolute Gasteiger partial charge is 0.138 e. The largest absolute Gasteiger partial charge is 0.384 e. The number of rotatable bonds is 4. The summed E-state index contributed by atoms with van der Waals surface area (Å²) in [5.74, 6) is 4.21. The molecule has 0 bridgehead atoms. The second-order valence-corrected chi connectivity index (χ2v) is 6.40. The Morgan fingerprint density at radius 2 is 2.50 bits per heavy atom. The van der Waals surface area contributed by atoms with Crippen LogP contribution in [0.15, 0.2) is 12.4 Å². The van der Waals surface area contributed by atoms with E-state index in [0.29, 0.717) is 5.25 Å². The lowest BCUT2D eigenvalue weighted by Crippen LogP contribution is -2.25. The average molecular weight is 258 g/mol. The number of aliphatic hydroxyl groups is 1. The number of hydrogen-bond donors (Lipinski definition) is 1. The third-order valence-electron chi connectivity index (χ3n) is 2.67. The summed E-state index contributed by atoms with van der Waals surface area (Å²) in [6.45, 7) is 3.08. The summed E-state index contributed by atoms with van der Waals surface area (Å²) in [6.07, 6.45) is 4.40. The maximum Gasteiger partial charge on any atom is 0.138 e. The van der Waals surface area contributed by atoms with Crippen molar-refractivity contribution < 1.29 is 5.11 Å². The topological polar surface area (TPSA) is 38.0 Å². The predicted molar refractivity (Wildman–Crippen MR) is 71.0 cm³/mol. The van der Waals surface area contributed by atoms with Gasteiger partial charge in [0.15, 0.2) is 0 Å². The fourth-order valence-electron chi connectivity index (χ4n) is 1.87. The van der Waals surface area contributed by atoms with E-state index in [4.69, 9.17) is 0 Å². The van der Waals surface area contributed by atoms with E-state index in [1.165, 1.54) is 5.75 Å². The van der Waals surface area contributed by atoms with Gasteiger partial charge in [0, 0.05) is 41.4 Å². The summed E-state index contributed by atoms with van der Waals surface area (Å²) < 4.78 is 2.07. The highest BCUT2D eigenvalue weighted by Crippen LogP contribution is 2.32. The number of nitrogens with zero attached hydrogens (tertiary/aromatic N) is 2. The van der Waals surface area contributed by atoms with Crippen molar-refractivity contribution >= 4 is 23.5 Å². The Balaban J connectivity index is 2.06. The Labute approximate surface area is 105 Å². The molecule has 5 heteroatoms. The summed E-state index contributed by atoms with van der Waals surface area (Å²) >= 11 is 3.80. The zero-order valence-electron chi connectivity index (χ0n) is 9.50. The number of thioether (sulfide) groups is 2. The van der Waals surface area contributed by atoms with Crippen molar-refractivity contribution in [3.8, 4) is 0 Å². The Morgan fingerprint density at radius 3 is 3.19 bits per heavy atom. The van der Waals surface area contributed by atoms with Crippen molar-refractivity contribution in [2.45, 2.75) is 31.2 Å². The SMILES string of the molecule is CCCn1ccnc1C(O)C1CSCCS1. The highest BCUT2D eigenvalue weighted by molar-refractivity contribution is 8.06. The molecule has 90 valence electrons. The van der Waals surface area contributed by atoms with Crippen LogP contribution in [0, 0.1) is 0 Å². The quantitative estimate of drug-likeness (QED) is 0.898. The monoisotopic (exact) mass is 258 g/mol. The molecule has 1 aliphatic rings. The second kappa shape index (κ2) is 5.98. The van der Waals surface area contributed by atoms with E-state index in [0.717, 1.165) is 30.3 Å². The van der Waals surface area contributed by atoms with Gasteiger partial charge in [-0.2, -0.15) is 23.5 Å². The molecule has 1 fully saturated rings. The number of aromatic nitrogens is 2. The molecule has 0 amide bonds. The molecule has 0 radical (unpaired) electrons. The molecule has 2 rings (SSSR count). The molecule has 2 unspecified atom stereocenters. The van der Waals surface area contributed by atoms with Crippen LogP contribution in [0.3, 0.4) is 0 Å². The fourth-order valence-corrected chi connectivity index (χ4v) is 4.59. The van der Waals surface area contributed by atoms with Crippen LogP contribution in [0.25, 0.3) is 0 Å². The minimum absolute atomic E-state index is 0.303. The van der Waals surface area contributed by atoms with E-state index in [1.807, 2.05) is 29.7 Å². The Morgan fingerprint density at radius 1 is 1.62 bits per heavy atom. The van der Waals surface area contributed by atoms with Crippen LogP contribution in [-0.4, -0.2) is 37.2 Å². The number of hydrogen-bond acceptors (Lipinski definition) is 4. The van der Waals surface area contributed by atoms with E-state index < -0.39 is 6.10 Å². The maximum absolute atomic E-state index is 10.3. The summed E-state index contributed by atoms with van der Waals surface area (Å²) in [5.41, 5.74) is 0. The molecule has 1 saturated heterocycles. The molecule has 0 aliphatic carbocycles. The van der Waals surface area contributed by atoms with Crippen molar-refractivity contribution in [3.05, 3.63) is 18.2 Å². The average Bonchev–Trinajstić information content (AvgIpc) is 2.78. The van der Waals surface area contributed by atoms with Gasteiger partial charge >= 0.3 is 0 Å². The minimum Gasteiger partial charge on any atom is -0.384 e. The first kappa shape index (κ1) is 12.3. The summed E-state index contributed by atoms with van der Waals surface area (Å²) in [7, 11) is 0. The number of imidazole rings is 1. The van der Waals surface area contributed by atoms with Crippen LogP contribution in [0.5, 0.6) is 0 Å². The van der Waals surface area contributed by atoms with Gasteiger partial charge in [0.2, 0.25) is 0 Å². The van der Waals surface area contributed by atoms with Gasteiger partial charge in [0.1, 0.15) is 11.9 Å². The van der Waals surface area contributed by atoms with E-state index >= 15 is 0 Å². The maximum atomic E-state index is 10.3. The van der Waals surface area contributed by atoms with Crippen molar-refractivity contribution in [1.82, 2.24) is 9.55 Å². The van der Waals surface area contributed by atoms with E-state index in [9.17, 15) is 5.11 Å². The van der Waals surface area contributed by atoms with Crippen LogP contribution in [0.4, 0.5) is 0 Å². The Bertz CT molecular complexity index is 324. The van der Waals surface area contributed by atoms with E-state index in [2.05, 4.69) is 16.5 Å². The number of aliphatic hydroxyl groups excluding tert-OH is 1. The predicted octanol–water partition coefficient (Wildman–Crippen LogP) is 2.18. The minimum atomic E-state index is -0.417. The summed E-state index contributed by atoms with van der Waals surface area (Å²) in [5, 5.41) is 10.6. The normalized spacial score (nSPS) is 23.2. The zero-order valence-corrected chi connectivity index (χ0v) is 11.1. The van der Waals surface area contributed by atoms with Gasteiger partial charge in [0.25, 0.3) is 0 Å². The molecule has 1 aromatic heterocycles. The molecular formula is C11H18N2OS2. The molecule has 1 N–H and O–H groups in total. The zero-order chi connectivity index (χ0) is 11.4. The van der Waals surface area contributed by atoms with Gasteiger partial charge in [-0.1, -0.05) is 6.92 Å². The Kier molecular flexibility index (Phi) is 4.61. The second-order valence-electron chi connectivity index (χ2n) is 3.91. The first-order valence-corrected chi connectivity index (χ1v) is 7.91. The van der Waals surface area contributed by atoms with Gasteiger partial charge in [-0.3, -0.25) is 0 Å². The molecule has 16 heavy (non-hydrogen) atoms. The van der Waals surface area contributed by atoms with Gasteiger partial charge in [-0.25, -0.2) is 4.98 Å². The van der Waals surface area contributed by atoms with Crippen LogP contribution >= 0.6 is 23.5 Å². The molecule has 0 saturated carbocycles. The standard InChI is InChI=1S/C11H18N2OS2/c1-2-4-13-5-3-12-11(13)10(14)9-8-15-6-7-16-9/h3,5,9-10,14H,2,4,6-8H2,1H3. The van der Waals surface area contributed by atoms with Gasteiger partial charge in [-0.05, 0) is 6.42 Å². The van der Waals surface area contributed by atoms with Gasteiger partial charge in [0.05, 0.1) is 0 Å². The van der Waals surface area contributed by atoms with Crippen LogP contribution < -0.4 is 0 Å². The number of aryl methyl sites for hydroxylation is 1. The third-order valence-corrected chi connectivity index (χ3v) is 5.52. The molecular weight excluding hydrogens is 240 g/mol. The third kappa shape index (κ3) is 2.76. The van der Waals surface area contributed by atoms with Crippen LogP contribution in [0.2, 0.25) is 0 Å². The Hall–Kier alpha value is -0.130. The molecule has 3 nitrogen and oxygen atoms in total. The molecule has 0 aromatic carbocycles. The van der Waals surface area contributed by atoms with Crippen LogP contribution in [-0.2, 0) is 6.54 Å². The molecule has 0 spiro atoms. The molecule has 1 aromatic rings. The lowest BCUT2D eigenvalue weighted by atomic mass is 10.2. The summed E-state index contributed by atoms with van der Waals surface area (Å²) in [6, 6.07) is 0. The molecule has 2 atom stereocenters. The van der Waals surface area contributed by atoms with Crippen molar-refractivity contribution in [3.63, 3.8) is 0 Å².